The normalized spacial score (nSPS) is 11.4. The molecule has 5 heteroatoms. The quantitative estimate of drug-likeness (QED) is 0.758. The van der Waals surface area contributed by atoms with E-state index in [-0.39, 0.29) is 12.0 Å². The van der Waals surface area contributed by atoms with Crippen molar-refractivity contribution in [2.75, 3.05) is 13.2 Å². The molecule has 0 N–H and O–H groups in total. The highest BCUT2D eigenvalue weighted by atomic mass is 16.5. The second kappa shape index (κ2) is 6.52. The predicted molar refractivity (Wildman–Crippen MR) is 77.4 cm³/mol. The van der Waals surface area contributed by atoms with Crippen LogP contribution in [0.4, 0.5) is 0 Å². The van der Waals surface area contributed by atoms with Crippen LogP contribution in [0.1, 0.15) is 26.5 Å². The number of hydrogen-bond donors (Lipinski definition) is 0. The van der Waals surface area contributed by atoms with Crippen molar-refractivity contribution in [2.24, 2.45) is 0 Å². The fourth-order valence-electron chi connectivity index (χ4n) is 2.06. The highest BCUT2D eigenvalue weighted by Gasteiger charge is 2.16. The molecule has 0 aliphatic carbocycles. The van der Waals surface area contributed by atoms with Gasteiger partial charge in [0, 0.05) is 25.0 Å². The molecule has 0 saturated heterocycles. The van der Waals surface area contributed by atoms with Crippen LogP contribution in [0.3, 0.4) is 0 Å². The number of carbonyl (C=O) groups excluding carboxylic acids is 1. The fourth-order valence-corrected chi connectivity index (χ4v) is 2.06. The third-order valence-corrected chi connectivity index (χ3v) is 3.15. The molecular formula is C15H21N3O2. The Morgan fingerprint density at radius 2 is 2.25 bits per heavy atom. The highest BCUT2D eigenvalue weighted by molar-refractivity contribution is 5.71. The highest BCUT2D eigenvalue weighted by Crippen LogP contribution is 2.10. The molecule has 108 valence electrons. The average Bonchev–Trinajstić information content (AvgIpc) is 2.80. The maximum absolute atomic E-state index is 11.6. The molecule has 2 aromatic rings. The molecule has 0 unspecified atom stereocenters. The minimum atomic E-state index is -0.190. The zero-order valence-electron chi connectivity index (χ0n) is 12.2. The smallest absolute Gasteiger partial charge is 0.320 e. The summed E-state index contributed by atoms with van der Waals surface area (Å²) >= 11 is 0. The van der Waals surface area contributed by atoms with Gasteiger partial charge < -0.3 is 9.14 Å². The van der Waals surface area contributed by atoms with E-state index in [0.29, 0.717) is 19.7 Å². The Morgan fingerprint density at radius 1 is 1.45 bits per heavy atom. The first-order valence-electron chi connectivity index (χ1n) is 6.92. The van der Waals surface area contributed by atoms with Gasteiger partial charge in [-0.25, -0.2) is 4.98 Å². The SMILES string of the molecule is CCOC(=O)CN(Cc1cn2ccccc2n1)C(C)C. The van der Waals surface area contributed by atoms with Crippen molar-refractivity contribution < 1.29 is 9.53 Å². The minimum Gasteiger partial charge on any atom is -0.465 e. The van der Waals surface area contributed by atoms with Crippen molar-refractivity contribution in [2.45, 2.75) is 33.4 Å². The van der Waals surface area contributed by atoms with Gasteiger partial charge in [-0.05, 0) is 32.9 Å². The second-order valence-electron chi connectivity index (χ2n) is 5.00. The van der Waals surface area contributed by atoms with Crippen LogP contribution in [0.5, 0.6) is 0 Å². The monoisotopic (exact) mass is 275 g/mol. The summed E-state index contributed by atoms with van der Waals surface area (Å²) in [6, 6.07) is 6.15. The molecule has 0 aromatic carbocycles. The Labute approximate surface area is 119 Å². The van der Waals surface area contributed by atoms with Crippen molar-refractivity contribution in [3.8, 4) is 0 Å². The molecule has 2 rings (SSSR count). The summed E-state index contributed by atoms with van der Waals surface area (Å²) in [7, 11) is 0. The predicted octanol–water partition coefficient (Wildman–Crippen LogP) is 2.11. The molecule has 20 heavy (non-hydrogen) atoms. The maximum atomic E-state index is 11.6. The summed E-state index contributed by atoms with van der Waals surface area (Å²) in [5.41, 5.74) is 1.87. The standard InChI is InChI=1S/C15H21N3O2/c1-4-20-15(19)11-18(12(2)3)10-13-9-17-8-6-5-7-14(17)16-13/h5-9,12H,4,10-11H2,1-3H3. The van der Waals surface area contributed by atoms with Gasteiger partial charge in [-0.2, -0.15) is 0 Å². The van der Waals surface area contributed by atoms with Crippen LogP contribution in [-0.2, 0) is 16.1 Å². The van der Waals surface area contributed by atoms with Crippen molar-refractivity contribution >= 4 is 11.6 Å². The third-order valence-electron chi connectivity index (χ3n) is 3.15. The maximum Gasteiger partial charge on any atom is 0.320 e. The number of aromatic nitrogens is 2. The van der Waals surface area contributed by atoms with Gasteiger partial charge in [0.05, 0.1) is 18.8 Å². The summed E-state index contributed by atoms with van der Waals surface area (Å²) in [5.74, 6) is -0.190. The van der Waals surface area contributed by atoms with Crippen molar-refractivity contribution in [1.82, 2.24) is 14.3 Å². The van der Waals surface area contributed by atoms with E-state index in [1.54, 1.807) is 0 Å². The van der Waals surface area contributed by atoms with Gasteiger partial charge in [-0.15, -0.1) is 0 Å². The van der Waals surface area contributed by atoms with Gasteiger partial charge in [0.1, 0.15) is 5.65 Å². The molecule has 0 saturated carbocycles. The molecule has 2 heterocycles. The Bertz CT molecular complexity index is 544. The lowest BCUT2D eigenvalue weighted by Crippen LogP contribution is -2.36. The average molecular weight is 275 g/mol. The zero-order valence-corrected chi connectivity index (χ0v) is 12.2. The van der Waals surface area contributed by atoms with Crippen LogP contribution in [0.25, 0.3) is 5.65 Å². The lowest BCUT2D eigenvalue weighted by Gasteiger charge is -2.24. The van der Waals surface area contributed by atoms with Crippen LogP contribution < -0.4 is 0 Å². The second-order valence-corrected chi connectivity index (χ2v) is 5.00. The Kier molecular flexibility index (Phi) is 4.74. The van der Waals surface area contributed by atoms with Crippen LogP contribution in [-0.4, -0.2) is 39.4 Å². The molecule has 5 nitrogen and oxygen atoms in total. The van der Waals surface area contributed by atoms with E-state index < -0.39 is 0 Å². The number of ether oxygens (including phenoxy) is 1. The van der Waals surface area contributed by atoms with Gasteiger partial charge >= 0.3 is 5.97 Å². The van der Waals surface area contributed by atoms with Gasteiger partial charge in [0.2, 0.25) is 0 Å². The number of nitrogens with zero attached hydrogens (tertiary/aromatic N) is 3. The summed E-state index contributed by atoms with van der Waals surface area (Å²) in [5, 5.41) is 0. The molecule has 0 aliphatic rings. The summed E-state index contributed by atoms with van der Waals surface area (Å²) in [4.78, 5) is 18.2. The van der Waals surface area contributed by atoms with Gasteiger partial charge in [-0.1, -0.05) is 6.07 Å². The summed E-state index contributed by atoms with van der Waals surface area (Å²) in [6.07, 6.45) is 3.97. The topological polar surface area (TPSA) is 46.8 Å². The number of hydrogen-bond acceptors (Lipinski definition) is 4. The van der Waals surface area contributed by atoms with Gasteiger partial charge in [0.25, 0.3) is 0 Å². The molecule has 0 bridgehead atoms. The Hall–Kier alpha value is -1.88. The largest absolute Gasteiger partial charge is 0.465 e. The van der Waals surface area contributed by atoms with Crippen molar-refractivity contribution in [3.63, 3.8) is 0 Å². The first-order chi connectivity index (χ1) is 9.60. The third kappa shape index (κ3) is 3.57. The molecule has 0 fully saturated rings. The summed E-state index contributed by atoms with van der Waals surface area (Å²) < 4.78 is 7.00. The number of carbonyl (C=O) groups is 1. The molecule has 0 aliphatic heterocycles. The van der Waals surface area contributed by atoms with E-state index >= 15 is 0 Å². The van der Waals surface area contributed by atoms with E-state index in [1.165, 1.54) is 0 Å². The minimum absolute atomic E-state index is 0.190. The fraction of sp³-hybridized carbons (Fsp3) is 0.467. The number of pyridine rings is 1. The first-order valence-corrected chi connectivity index (χ1v) is 6.92. The molecule has 2 aromatic heterocycles. The molecule has 0 amide bonds. The number of rotatable bonds is 6. The lowest BCUT2D eigenvalue weighted by molar-refractivity contribution is -0.145. The molecule has 0 spiro atoms. The summed E-state index contributed by atoms with van der Waals surface area (Å²) in [6.45, 7) is 7.29. The number of esters is 1. The Morgan fingerprint density at radius 3 is 2.90 bits per heavy atom. The van der Waals surface area contributed by atoms with E-state index in [9.17, 15) is 4.79 Å². The van der Waals surface area contributed by atoms with E-state index in [2.05, 4.69) is 23.7 Å². The van der Waals surface area contributed by atoms with Crippen molar-refractivity contribution in [3.05, 3.63) is 36.3 Å². The van der Waals surface area contributed by atoms with Crippen LogP contribution in [0, 0.1) is 0 Å². The van der Waals surface area contributed by atoms with Gasteiger partial charge in [-0.3, -0.25) is 9.69 Å². The first kappa shape index (κ1) is 14.5. The lowest BCUT2D eigenvalue weighted by atomic mass is 10.3. The van der Waals surface area contributed by atoms with E-state index in [1.807, 2.05) is 41.9 Å². The number of fused-ring (bicyclic) bond motifs is 1. The van der Waals surface area contributed by atoms with Crippen LogP contribution in [0.2, 0.25) is 0 Å². The number of imidazole rings is 1. The van der Waals surface area contributed by atoms with Crippen molar-refractivity contribution in [1.29, 1.82) is 0 Å². The molecule has 0 atom stereocenters. The van der Waals surface area contributed by atoms with Crippen LogP contribution >= 0.6 is 0 Å². The molecule has 0 radical (unpaired) electrons. The molecular weight excluding hydrogens is 254 g/mol. The van der Waals surface area contributed by atoms with Crippen LogP contribution in [0.15, 0.2) is 30.6 Å². The Balaban J connectivity index is 2.09. The van der Waals surface area contributed by atoms with E-state index in [0.717, 1.165) is 11.3 Å². The van der Waals surface area contributed by atoms with E-state index in [4.69, 9.17) is 4.74 Å². The zero-order chi connectivity index (χ0) is 14.5. The van der Waals surface area contributed by atoms with Gasteiger partial charge in [0.15, 0.2) is 0 Å².